The minimum absolute atomic E-state index is 0.0559. The number of carbonyl (C=O) groups excluding carboxylic acids is 3. The summed E-state index contributed by atoms with van der Waals surface area (Å²) in [6, 6.07) is 24.9. The number of halogens is 4. The maximum absolute atomic E-state index is 12.7. The Labute approximate surface area is 288 Å². The van der Waals surface area contributed by atoms with Gasteiger partial charge in [-0.05, 0) is 97.1 Å². The zero-order valence-electron chi connectivity index (χ0n) is 23.6. The van der Waals surface area contributed by atoms with Crippen LogP contribution in [0, 0.1) is 0 Å². The third kappa shape index (κ3) is 10.4. The van der Waals surface area contributed by atoms with Gasteiger partial charge in [0.2, 0.25) is 0 Å². The minimum Gasteiger partial charge on any atom is -0.478 e. The van der Waals surface area contributed by atoms with E-state index < -0.39 is 40.7 Å². The van der Waals surface area contributed by atoms with E-state index in [1.165, 1.54) is 23.9 Å². The minimum atomic E-state index is -0.934. The van der Waals surface area contributed by atoms with Crippen LogP contribution in [0.2, 0.25) is 20.1 Å². The molecule has 1 aliphatic heterocycles. The van der Waals surface area contributed by atoms with E-state index in [9.17, 15) is 19.2 Å². The first kappa shape index (κ1) is 35.1. The van der Waals surface area contributed by atoms with Crippen molar-refractivity contribution < 1.29 is 38.5 Å². The van der Waals surface area contributed by atoms with Crippen molar-refractivity contribution in [3.8, 4) is 0 Å². The molecule has 1 fully saturated rings. The van der Waals surface area contributed by atoms with Crippen molar-refractivity contribution in [2.24, 2.45) is 0 Å². The molecule has 0 radical (unpaired) electrons. The molecule has 4 aromatic carbocycles. The second kappa shape index (κ2) is 16.7. The predicted molar refractivity (Wildman–Crippen MR) is 177 cm³/mol. The summed E-state index contributed by atoms with van der Waals surface area (Å²) in [5, 5.41) is 10.0. The van der Waals surface area contributed by atoms with Crippen molar-refractivity contribution in [1.29, 1.82) is 0 Å². The molecule has 13 heteroatoms. The summed E-state index contributed by atoms with van der Waals surface area (Å²) < 4.78 is 16.8. The fourth-order valence-corrected chi connectivity index (χ4v) is 5.84. The summed E-state index contributed by atoms with van der Waals surface area (Å²) in [5.74, 6) is -2.57. The van der Waals surface area contributed by atoms with E-state index in [1.54, 1.807) is 84.9 Å². The van der Waals surface area contributed by atoms with Crippen LogP contribution in [0.15, 0.2) is 97.1 Å². The van der Waals surface area contributed by atoms with Gasteiger partial charge in [0.15, 0.2) is 5.44 Å². The number of ether oxygens (including phenoxy) is 3. The van der Waals surface area contributed by atoms with Gasteiger partial charge in [0.25, 0.3) is 0 Å². The second-order valence-corrected chi connectivity index (χ2v) is 12.8. The standard InChI is InChI=1S/C26H19Cl3O6S.C7H5ClO2/c27-18-7-1-15(2-8-18)24(30)33-14-22-21(34-25(31)16-3-9-19(28)10-4-16)13-23(36-22)35-26(32)17-5-11-20(29)12-6-17;8-6-3-1-5(2-4-6)7(9)10/h1-12,21-23H,13-14H2;1-4H,(H,9,10)/t21-,22+,23?;/m1./s1. The second-order valence-electron chi connectivity index (χ2n) is 9.62. The maximum atomic E-state index is 12.7. The highest BCUT2D eigenvalue weighted by Gasteiger charge is 2.41. The number of carboxylic acids is 1. The van der Waals surface area contributed by atoms with E-state index in [-0.39, 0.29) is 18.6 Å². The first-order valence-corrected chi connectivity index (χ1v) is 15.9. The molecule has 0 aliphatic carbocycles. The van der Waals surface area contributed by atoms with E-state index in [2.05, 4.69) is 0 Å². The zero-order chi connectivity index (χ0) is 33.2. The van der Waals surface area contributed by atoms with Crippen LogP contribution >= 0.6 is 58.2 Å². The molecule has 0 amide bonds. The fraction of sp³-hybridized carbons (Fsp3) is 0.152. The molecule has 8 nitrogen and oxygen atoms in total. The molecule has 46 heavy (non-hydrogen) atoms. The van der Waals surface area contributed by atoms with Gasteiger partial charge >= 0.3 is 23.9 Å². The van der Waals surface area contributed by atoms with Crippen molar-refractivity contribution >= 4 is 82.0 Å². The van der Waals surface area contributed by atoms with Crippen LogP contribution in [-0.2, 0) is 14.2 Å². The summed E-state index contributed by atoms with van der Waals surface area (Å²) in [5.41, 5.74) is 0.637. The molecule has 0 spiro atoms. The Kier molecular flexibility index (Phi) is 12.8. The Morgan fingerprint density at radius 1 is 0.587 bits per heavy atom. The number of carboxylic acid groups (broad SMARTS) is 1. The highest BCUT2D eigenvalue weighted by molar-refractivity contribution is 8.00. The summed E-state index contributed by atoms with van der Waals surface area (Å²) in [6.07, 6.45) is -0.439. The van der Waals surface area contributed by atoms with E-state index in [0.717, 1.165) is 0 Å². The maximum Gasteiger partial charge on any atom is 0.339 e. The lowest BCUT2D eigenvalue weighted by molar-refractivity contribution is 0.0135. The molecule has 5 rings (SSSR count). The molecule has 1 N–H and O–H groups in total. The summed E-state index contributed by atoms with van der Waals surface area (Å²) in [7, 11) is 0. The van der Waals surface area contributed by atoms with Gasteiger partial charge in [-0.25, -0.2) is 19.2 Å². The number of hydrogen-bond donors (Lipinski definition) is 1. The summed E-state index contributed by atoms with van der Waals surface area (Å²) in [6.45, 7) is -0.0559. The average molecular weight is 722 g/mol. The Balaban J connectivity index is 0.000000409. The highest BCUT2D eigenvalue weighted by atomic mass is 35.5. The first-order chi connectivity index (χ1) is 22.0. The number of carbonyl (C=O) groups is 4. The van der Waals surface area contributed by atoms with Crippen LogP contribution < -0.4 is 0 Å². The SMILES string of the molecule is O=C(O)c1ccc(Cl)cc1.O=C(OC[C@@H]1SC(OC(=O)c2ccc(Cl)cc2)C[C@H]1OC(=O)c1ccc(Cl)cc1)c1ccc(Cl)cc1. The van der Waals surface area contributed by atoms with Crippen molar-refractivity contribution in [3.63, 3.8) is 0 Å². The van der Waals surface area contributed by atoms with E-state index in [1.807, 2.05) is 0 Å². The Morgan fingerprint density at radius 3 is 1.37 bits per heavy atom. The molecular weight excluding hydrogens is 698 g/mol. The van der Waals surface area contributed by atoms with Gasteiger partial charge in [-0.3, -0.25) is 0 Å². The zero-order valence-corrected chi connectivity index (χ0v) is 27.4. The average Bonchev–Trinajstić information content (AvgIpc) is 3.41. The lowest BCUT2D eigenvalue weighted by Gasteiger charge is -2.19. The molecule has 0 aromatic heterocycles. The van der Waals surface area contributed by atoms with Crippen molar-refractivity contribution in [2.45, 2.75) is 23.2 Å². The lowest BCUT2D eigenvalue weighted by Crippen LogP contribution is -2.29. The third-order valence-electron chi connectivity index (χ3n) is 6.37. The van der Waals surface area contributed by atoms with Gasteiger partial charge < -0.3 is 19.3 Å². The van der Waals surface area contributed by atoms with Crippen LogP contribution in [0.5, 0.6) is 0 Å². The lowest BCUT2D eigenvalue weighted by atomic mass is 10.1. The van der Waals surface area contributed by atoms with Crippen LogP contribution in [0.1, 0.15) is 47.9 Å². The Morgan fingerprint density at radius 2 is 0.957 bits per heavy atom. The van der Waals surface area contributed by atoms with Gasteiger partial charge in [0, 0.05) is 26.5 Å². The van der Waals surface area contributed by atoms with Crippen LogP contribution in [0.4, 0.5) is 0 Å². The van der Waals surface area contributed by atoms with Crippen molar-refractivity contribution in [3.05, 3.63) is 139 Å². The number of aromatic carboxylic acids is 1. The molecule has 4 aromatic rings. The number of hydrogen-bond acceptors (Lipinski definition) is 8. The third-order valence-corrected chi connectivity index (χ3v) is 8.76. The number of thioether (sulfide) groups is 1. The predicted octanol–water partition coefficient (Wildman–Crippen LogP) is 8.76. The summed E-state index contributed by atoms with van der Waals surface area (Å²) in [4.78, 5) is 48.0. The topological polar surface area (TPSA) is 116 Å². The largest absolute Gasteiger partial charge is 0.478 e. The molecule has 3 atom stereocenters. The fourth-order valence-electron chi connectivity index (χ4n) is 4.01. The molecule has 1 unspecified atom stereocenters. The van der Waals surface area contributed by atoms with Gasteiger partial charge in [-0.1, -0.05) is 46.4 Å². The molecule has 1 saturated heterocycles. The monoisotopic (exact) mass is 720 g/mol. The highest BCUT2D eigenvalue weighted by Crippen LogP contribution is 2.38. The molecular formula is C33H24Cl4O8S. The van der Waals surface area contributed by atoms with E-state index in [0.29, 0.717) is 36.8 Å². The smallest absolute Gasteiger partial charge is 0.339 e. The number of rotatable bonds is 8. The van der Waals surface area contributed by atoms with Crippen molar-refractivity contribution in [1.82, 2.24) is 0 Å². The molecule has 1 heterocycles. The van der Waals surface area contributed by atoms with Gasteiger partial charge in [0.1, 0.15) is 12.7 Å². The van der Waals surface area contributed by atoms with E-state index >= 15 is 0 Å². The Bertz CT molecular complexity index is 1660. The van der Waals surface area contributed by atoms with Gasteiger partial charge in [-0.15, -0.1) is 11.8 Å². The number of benzene rings is 4. The normalized spacial score (nSPS) is 16.8. The number of esters is 3. The summed E-state index contributed by atoms with van der Waals surface area (Å²) >= 11 is 24.4. The van der Waals surface area contributed by atoms with Gasteiger partial charge in [-0.2, -0.15) is 0 Å². The van der Waals surface area contributed by atoms with Gasteiger partial charge in [0.05, 0.1) is 27.5 Å². The molecule has 0 bridgehead atoms. The Hall–Kier alpha value is -3.73. The molecule has 0 saturated carbocycles. The molecule has 1 aliphatic rings. The van der Waals surface area contributed by atoms with E-state index in [4.69, 9.17) is 65.7 Å². The molecule has 238 valence electrons. The van der Waals surface area contributed by atoms with Crippen LogP contribution in [0.25, 0.3) is 0 Å². The van der Waals surface area contributed by atoms with Crippen LogP contribution in [0.3, 0.4) is 0 Å². The van der Waals surface area contributed by atoms with Crippen LogP contribution in [-0.4, -0.2) is 52.4 Å². The van der Waals surface area contributed by atoms with Crippen molar-refractivity contribution in [2.75, 3.05) is 6.61 Å². The first-order valence-electron chi connectivity index (χ1n) is 13.5. The quantitative estimate of drug-likeness (QED) is 0.141.